The molecule has 2 amide bonds. The Kier molecular flexibility index (Phi) is 11.9. The smallest absolute Gasteiger partial charge is 0.264 e. The number of anilines is 1. The number of ether oxygens (including phenoxy) is 1. The Morgan fingerprint density at radius 2 is 1.55 bits per heavy atom. The Balaban J connectivity index is 2.07. The molecule has 0 radical (unpaired) electrons. The molecule has 0 saturated carbocycles. The van der Waals surface area contributed by atoms with Gasteiger partial charge in [-0.15, -0.1) is 0 Å². The number of methoxy groups -OCH3 is 1. The van der Waals surface area contributed by atoms with Gasteiger partial charge in [-0.25, -0.2) is 8.42 Å². The molecule has 0 bridgehead atoms. The van der Waals surface area contributed by atoms with E-state index in [9.17, 15) is 18.0 Å². The third-order valence-electron chi connectivity index (χ3n) is 6.76. The fourth-order valence-electron chi connectivity index (χ4n) is 4.21. The molecule has 0 unspecified atom stereocenters. The van der Waals surface area contributed by atoms with E-state index in [1.165, 1.54) is 48.4 Å². The van der Waals surface area contributed by atoms with Crippen LogP contribution < -0.4 is 14.4 Å². The molecule has 0 saturated heterocycles. The van der Waals surface area contributed by atoms with Crippen LogP contribution in [0.2, 0.25) is 15.1 Å². The van der Waals surface area contributed by atoms with E-state index in [1.54, 1.807) is 37.3 Å². The molecule has 3 rings (SSSR count). The first-order chi connectivity index (χ1) is 19.9. The van der Waals surface area contributed by atoms with Crippen LogP contribution in [0.3, 0.4) is 0 Å². The van der Waals surface area contributed by atoms with Crippen LogP contribution in [0.1, 0.15) is 39.2 Å². The molecule has 0 aromatic heterocycles. The van der Waals surface area contributed by atoms with Gasteiger partial charge in [-0.2, -0.15) is 0 Å². The molecule has 0 aliphatic rings. The molecule has 0 heterocycles. The first-order valence-corrected chi connectivity index (χ1v) is 15.9. The zero-order chi connectivity index (χ0) is 31.0. The van der Waals surface area contributed by atoms with Crippen LogP contribution in [-0.2, 0) is 26.2 Å². The summed E-state index contributed by atoms with van der Waals surface area (Å²) in [5, 5.41) is 3.99. The minimum atomic E-state index is -4.23. The van der Waals surface area contributed by atoms with Gasteiger partial charge in [0.15, 0.2) is 0 Å². The highest BCUT2D eigenvalue weighted by Crippen LogP contribution is 2.28. The lowest BCUT2D eigenvalue weighted by molar-refractivity contribution is -0.140. The molecule has 42 heavy (non-hydrogen) atoms. The van der Waals surface area contributed by atoms with Gasteiger partial charge in [-0.1, -0.05) is 54.7 Å². The Bertz CT molecular complexity index is 1490. The number of carbonyl (C=O) groups is 2. The maximum absolute atomic E-state index is 14.1. The molecule has 1 N–H and O–H groups in total. The Hall–Kier alpha value is -2.98. The van der Waals surface area contributed by atoms with E-state index >= 15 is 0 Å². The summed E-state index contributed by atoms with van der Waals surface area (Å²) in [6.45, 7) is 5.03. The molecule has 0 aliphatic heterocycles. The summed E-state index contributed by atoms with van der Waals surface area (Å²) in [7, 11) is -2.75. The van der Waals surface area contributed by atoms with Gasteiger partial charge < -0.3 is 15.0 Å². The van der Waals surface area contributed by atoms with Crippen LogP contribution in [0.4, 0.5) is 5.69 Å². The number of hydrogen-bond acceptors (Lipinski definition) is 5. The highest BCUT2D eigenvalue weighted by atomic mass is 35.5. The second-order valence-electron chi connectivity index (χ2n) is 9.68. The average Bonchev–Trinajstić information content (AvgIpc) is 2.97. The predicted molar refractivity (Wildman–Crippen MR) is 168 cm³/mol. The molecule has 0 fully saturated rings. The second-order valence-corrected chi connectivity index (χ2v) is 12.8. The predicted octanol–water partition coefficient (Wildman–Crippen LogP) is 6.57. The monoisotopic (exact) mass is 653 g/mol. The Morgan fingerprint density at radius 1 is 0.905 bits per heavy atom. The summed E-state index contributed by atoms with van der Waals surface area (Å²) in [6, 6.07) is 15.9. The minimum Gasteiger partial charge on any atom is -0.497 e. The number of nitrogens with zero attached hydrogens (tertiary/aromatic N) is 2. The number of hydrogen-bond donors (Lipinski definition) is 1. The van der Waals surface area contributed by atoms with Crippen molar-refractivity contribution >= 4 is 62.3 Å². The van der Waals surface area contributed by atoms with Gasteiger partial charge in [-0.05, 0) is 86.0 Å². The molecular formula is C30H34Cl3N3O5S. The lowest BCUT2D eigenvalue weighted by atomic mass is 10.1. The van der Waals surface area contributed by atoms with Crippen molar-refractivity contribution in [2.75, 3.05) is 18.0 Å². The van der Waals surface area contributed by atoms with Crippen molar-refractivity contribution in [1.29, 1.82) is 0 Å². The maximum atomic E-state index is 14.1. The third kappa shape index (κ3) is 8.31. The highest BCUT2D eigenvalue weighted by molar-refractivity contribution is 7.92. The second kappa shape index (κ2) is 15.0. The standard InChI is InChI=1S/C30H34Cl3N3O5S/c1-5-20(3)34-30(38)28(6-2)35(18-21-7-16-26(32)27(33)17-21)29(37)19-36(23-10-8-22(31)9-11-23)42(39,40)25-14-12-24(41-4)13-15-25/h7-17,20,28H,5-6,18-19H2,1-4H3,(H,34,38)/t20-,28-/m0/s1. The van der Waals surface area contributed by atoms with Crippen LogP contribution in [0, 0.1) is 0 Å². The first kappa shape index (κ1) is 33.5. The molecule has 8 nitrogen and oxygen atoms in total. The number of amides is 2. The van der Waals surface area contributed by atoms with Crippen molar-refractivity contribution < 1.29 is 22.7 Å². The zero-order valence-corrected chi connectivity index (χ0v) is 26.9. The van der Waals surface area contributed by atoms with Gasteiger partial charge in [0.2, 0.25) is 11.8 Å². The van der Waals surface area contributed by atoms with E-state index < -0.39 is 28.5 Å². The fraction of sp³-hybridized carbons (Fsp3) is 0.333. The van der Waals surface area contributed by atoms with Gasteiger partial charge in [0, 0.05) is 17.6 Å². The van der Waals surface area contributed by atoms with Gasteiger partial charge in [-0.3, -0.25) is 13.9 Å². The summed E-state index contributed by atoms with van der Waals surface area (Å²) in [6.07, 6.45) is 0.995. The van der Waals surface area contributed by atoms with E-state index in [0.717, 1.165) is 4.31 Å². The number of rotatable bonds is 13. The summed E-state index contributed by atoms with van der Waals surface area (Å²) in [5.74, 6) is -0.440. The van der Waals surface area contributed by atoms with Crippen LogP contribution in [0.15, 0.2) is 71.6 Å². The Labute approximate surface area is 262 Å². The van der Waals surface area contributed by atoms with Gasteiger partial charge in [0.05, 0.1) is 27.7 Å². The third-order valence-corrected chi connectivity index (χ3v) is 9.54. The van der Waals surface area contributed by atoms with Gasteiger partial charge in [0.1, 0.15) is 18.3 Å². The zero-order valence-electron chi connectivity index (χ0n) is 23.8. The van der Waals surface area contributed by atoms with Crippen molar-refractivity contribution in [3.05, 3.63) is 87.4 Å². The van der Waals surface area contributed by atoms with Crippen molar-refractivity contribution in [3.63, 3.8) is 0 Å². The molecule has 0 spiro atoms. The number of benzene rings is 3. The van der Waals surface area contributed by atoms with Crippen LogP contribution in [-0.4, -0.2) is 50.9 Å². The largest absolute Gasteiger partial charge is 0.497 e. The molecule has 12 heteroatoms. The van der Waals surface area contributed by atoms with E-state index in [2.05, 4.69) is 5.32 Å². The summed E-state index contributed by atoms with van der Waals surface area (Å²) >= 11 is 18.4. The number of nitrogens with one attached hydrogen (secondary N) is 1. The van der Waals surface area contributed by atoms with E-state index in [-0.39, 0.29) is 29.1 Å². The SMILES string of the molecule is CC[C@H](C)NC(=O)[C@H](CC)N(Cc1ccc(Cl)c(Cl)c1)C(=O)CN(c1ccc(Cl)cc1)S(=O)(=O)c1ccc(OC)cc1. The minimum absolute atomic E-state index is 0.000798. The Morgan fingerprint density at radius 3 is 2.10 bits per heavy atom. The molecule has 3 aromatic carbocycles. The molecule has 226 valence electrons. The quantitative estimate of drug-likeness (QED) is 0.225. The average molecular weight is 655 g/mol. The van der Waals surface area contributed by atoms with E-state index in [0.29, 0.717) is 39.2 Å². The molecule has 2 atom stereocenters. The molecular weight excluding hydrogens is 621 g/mol. The van der Waals surface area contributed by atoms with Crippen LogP contribution in [0.25, 0.3) is 0 Å². The number of halogens is 3. The topological polar surface area (TPSA) is 96.0 Å². The highest BCUT2D eigenvalue weighted by Gasteiger charge is 2.34. The first-order valence-electron chi connectivity index (χ1n) is 13.4. The normalized spacial score (nSPS) is 12.7. The van der Waals surface area contributed by atoms with Crippen LogP contribution in [0.5, 0.6) is 5.75 Å². The fourth-order valence-corrected chi connectivity index (χ4v) is 6.07. The van der Waals surface area contributed by atoms with Crippen LogP contribution >= 0.6 is 34.8 Å². The molecule has 0 aliphatic carbocycles. The van der Waals surface area contributed by atoms with Crippen molar-refractivity contribution in [2.45, 2.75) is 57.1 Å². The maximum Gasteiger partial charge on any atom is 0.264 e. The molecule has 3 aromatic rings. The van der Waals surface area contributed by atoms with Crippen molar-refractivity contribution in [1.82, 2.24) is 10.2 Å². The lowest BCUT2D eigenvalue weighted by Gasteiger charge is -2.33. The van der Waals surface area contributed by atoms with Gasteiger partial charge >= 0.3 is 0 Å². The number of sulfonamides is 1. The number of carbonyl (C=O) groups excluding carboxylic acids is 2. The summed E-state index contributed by atoms with van der Waals surface area (Å²) in [5.41, 5.74) is 0.860. The lowest BCUT2D eigenvalue weighted by Crippen LogP contribution is -2.53. The summed E-state index contributed by atoms with van der Waals surface area (Å²) < 4.78 is 34.1. The van der Waals surface area contributed by atoms with Crippen molar-refractivity contribution in [3.8, 4) is 5.75 Å². The van der Waals surface area contributed by atoms with Crippen molar-refractivity contribution in [2.24, 2.45) is 0 Å². The summed E-state index contributed by atoms with van der Waals surface area (Å²) in [4.78, 5) is 28.8. The van der Waals surface area contributed by atoms with E-state index in [1.807, 2.05) is 13.8 Å². The van der Waals surface area contributed by atoms with Gasteiger partial charge in [0.25, 0.3) is 10.0 Å². The van der Waals surface area contributed by atoms with E-state index in [4.69, 9.17) is 39.5 Å².